The molecule has 4 rings (SSSR count). The van der Waals surface area contributed by atoms with Crippen molar-refractivity contribution in [3.63, 3.8) is 0 Å². The van der Waals surface area contributed by atoms with E-state index in [1.807, 2.05) is 6.07 Å². The number of pyridine rings is 1. The van der Waals surface area contributed by atoms with Gasteiger partial charge in [-0.1, -0.05) is 6.07 Å². The minimum Gasteiger partial charge on any atom is -0.378 e. The molecule has 1 spiro atoms. The lowest BCUT2D eigenvalue weighted by Gasteiger charge is -2.44. The maximum atomic E-state index is 6.15. The van der Waals surface area contributed by atoms with Crippen LogP contribution in [0.15, 0.2) is 16.7 Å². The Bertz CT molecular complexity index is 496. The Morgan fingerprint density at radius 2 is 2.05 bits per heavy atom. The summed E-state index contributed by atoms with van der Waals surface area (Å²) < 4.78 is 12.3. The molecule has 0 atom stereocenters. The summed E-state index contributed by atoms with van der Waals surface area (Å²) in [6, 6.07) is 4.77. The van der Waals surface area contributed by atoms with Crippen LogP contribution in [0, 0.1) is 0 Å². The summed E-state index contributed by atoms with van der Waals surface area (Å²) in [7, 11) is 0. The van der Waals surface area contributed by atoms with Gasteiger partial charge >= 0.3 is 0 Å². The molecule has 0 aliphatic carbocycles. The largest absolute Gasteiger partial charge is 0.378 e. The molecule has 102 valence electrons. The van der Waals surface area contributed by atoms with Crippen LogP contribution >= 0.6 is 15.9 Å². The number of rotatable bonds is 1. The first-order valence-corrected chi connectivity index (χ1v) is 7.68. The molecule has 0 bridgehead atoms. The summed E-state index contributed by atoms with van der Waals surface area (Å²) in [4.78, 5) is 7.22. The quantitative estimate of drug-likeness (QED) is 0.741. The number of aromatic nitrogens is 1. The zero-order valence-electron chi connectivity index (χ0n) is 10.8. The Morgan fingerprint density at radius 3 is 2.74 bits per heavy atom. The topological polar surface area (TPSA) is 34.6 Å². The van der Waals surface area contributed by atoms with E-state index in [0.717, 1.165) is 49.4 Å². The molecule has 0 radical (unpaired) electrons. The predicted octanol–water partition coefficient (Wildman–Crippen LogP) is 2.06. The van der Waals surface area contributed by atoms with E-state index in [1.54, 1.807) is 0 Å². The normalized spacial score (nSPS) is 26.4. The van der Waals surface area contributed by atoms with Gasteiger partial charge < -0.3 is 9.47 Å². The maximum absolute atomic E-state index is 6.15. The first-order chi connectivity index (χ1) is 9.27. The second kappa shape index (κ2) is 4.52. The molecule has 4 heterocycles. The number of likely N-dealkylation sites (tertiary alicyclic amines) is 1. The van der Waals surface area contributed by atoms with Crippen molar-refractivity contribution >= 4 is 15.9 Å². The van der Waals surface area contributed by atoms with E-state index in [4.69, 9.17) is 9.47 Å². The lowest BCUT2D eigenvalue weighted by Crippen LogP contribution is -2.54. The van der Waals surface area contributed by atoms with Crippen LogP contribution in [0.3, 0.4) is 0 Å². The minimum atomic E-state index is -0.139. The van der Waals surface area contributed by atoms with Gasteiger partial charge in [0.25, 0.3) is 0 Å². The molecular weight excluding hydrogens is 308 g/mol. The van der Waals surface area contributed by atoms with Crippen LogP contribution in [-0.4, -0.2) is 42.2 Å². The lowest BCUT2D eigenvalue weighted by atomic mass is 9.86. The van der Waals surface area contributed by atoms with Crippen LogP contribution < -0.4 is 0 Å². The Kier molecular flexibility index (Phi) is 2.92. The third-order valence-corrected chi connectivity index (χ3v) is 5.06. The van der Waals surface area contributed by atoms with Crippen LogP contribution in [0.5, 0.6) is 0 Å². The van der Waals surface area contributed by atoms with Gasteiger partial charge in [-0.3, -0.25) is 4.90 Å². The molecule has 1 aromatic heterocycles. The van der Waals surface area contributed by atoms with Crippen molar-refractivity contribution in [1.29, 1.82) is 0 Å². The summed E-state index contributed by atoms with van der Waals surface area (Å²) in [6.07, 6.45) is 2.08. The summed E-state index contributed by atoms with van der Waals surface area (Å²) in [5.41, 5.74) is 2.27. The molecule has 3 aliphatic rings. The highest BCUT2D eigenvalue weighted by molar-refractivity contribution is 9.10. The monoisotopic (exact) mass is 324 g/mol. The number of hydrogen-bond acceptors (Lipinski definition) is 4. The summed E-state index contributed by atoms with van der Waals surface area (Å²) >= 11 is 3.48. The molecule has 0 aromatic carbocycles. The van der Waals surface area contributed by atoms with Gasteiger partial charge in [0.2, 0.25) is 0 Å². The molecule has 5 heteroatoms. The second-order valence-corrected chi connectivity index (χ2v) is 6.46. The van der Waals surface area contributed by atoms with Crippen molar-refractivity contribution in [3.05, 3.63) is 28.0 Å². The van der Waals surface area contributed by atoms with Gasteiger partial charge in [-0.05, 0) is 34.8 Å². The standard InChI is InChI=1S/C14H17BrN2O2/c15-12-2-1-10-7-19-14(13(10)16-12)3-5-17(6-4-14)11-8-18-9-11/h1-2,11H,3-9H2. The van der Waals surface area contributed by atoms with Gasteiger partial charge in [-0.15, -0.1) is 0 Å². The van der Waals surface area contributed by atoms with Gasteiger partial charge in [0.1, 0.15) is 10.2 Å². The highest BCUT2D eigenvalue weighted by atomic mass is 79.9. The predicted molar refractivity (Wildman–Crippen MR) is 73.8 cm³/mol. The molecule has 19 heavy (non-hydrogen) atoms. The zero-order chi connectivity index (χ0) is 12.9. The third-order valence-electron chi connectivity index (χ3n) is 4.62. The first-order valence-electron chi connectivity index (χ1n) is 6.88. The number of piperidine rings is 1. The average Bonchev–Trinajstić information content (AvgIpc) is 2.69. The minimum absolute atomic E-state index is 0.139. The first kappa shape index (κ1) is 12.3. The highest BCUT2D eigenvalue weighted by Gasteiger charge is 2.45. The van der Waals surface area contributed by atoms with Crippen LogP contribution in [0.25, 0.3) is 0 Å². The van der Waals surface area contributed by atoms with Crippen molar-refractivity contribution in [2.75, 3.05) is 26.3 Å². The van der Waals surface area contributed by atoms with Crippen LogP contribution in [0.4, 0.5) is 0 Å². The molecular formula is C14H17BrN2O2. The Labute approximate surface area is 121 Å². The molecule has 2 fully saturated rings. The van der Waals surface area contributed by atoms with Crippen molar-refractivity contribution in [3.8, 4) is 0 Å². The second-order valence-electron chi connectivity index (χ2n) is 5.65. The van der Waals surface area contributed by atoms with Gasteiger partial charge in [0.05, 0.1) is 31.6 Å². The Balaban J connectivity index is 1.56. The number of fused-ring (bicyclic) bond motifs is 2. The van der Waals surface area contributed by atoms with E-state index in [1.165, 1.54) is 5.56 Å². The fourth-order valence-electron chi connectivity index (χ4n) is 3.32. The van der Waals surface area contributed by atoms with Crippen molar-refractivity contribution in [2.24, 2.45) is 0 Å². The molecule has 0 amide bonds. The van der Waals surface area contributed by atoms with Crippen molar-refractivity contribution in [2.45, 2.75) is 31.1 Å². The summed E-state index contributed by atoms with van der Waals surface area (Å²) in [5, 5.41) is 0. The summed E-state index contributed by atoms with van der Waals surface area (Å²) in [5.74, 6) is 0. The Morgan fingerprint density at radius 1 is 1.26 bits per heavy atom. The Hall–Kier alpha value is -0.490. The zero-order valence-corrected chi connectivity index (χ0v) is 12.4. The van der Waals surface area contributed by atoms with Gasteiger partial charge in [0, 0.05) is 18.7 Å². The molecule has 3 aliphatic heterocycles. The van der Waals surface area contributed by atoms with Crippen LogP contribution in [0.1, 0.15) is 24.1 Å². The number of ether oxygens (including phenoxy) is 2. The molecule has 2 saturated heterocycles. The molecule has 4 nitrogen and oxygen atoms in total. The molecule has 0 unspecified atom stereocenters. The average molecular weight is 325 g/mol. The van der Waals surface area contributed by atoms with Gasteiger partial charge in [-0.2, -0.15) is 0 Å². The number of halogens is 1. The van der Waals surface area contributed by atoms with Crippen molar-refractivity contribution in [1.82, 2.24) is 9.88 Å². The molecule has 1 aromatic rings. The fourth-order valence-corrected chi connectivity index (χ4v) is 3.63. The van der Waals surface area contributed by atoms with Gasteiger partial charge in [-0.25, -0.2) is 4.98 Å². The van der Waals surface area contributed by atoms with E-state index >= 15 is 0 Å². The van der Waals surface area contributed by atoms with E-state index in [0.29, 0.717) is 12.6 Å². The van der Waals surface area contributed by atoms with Gasteiger partial charge in [0.15, 0.2) is 0 Å². The fraction of sp³-hybridized carbons (Fsp3) is 0.643. The SMILES string of the molecule is Brc1ccc2c(n1)C1(CCN(C3COC3)CC1)OC2. The lowest BCUT2D eigenvalue weighted by molar-refractivity contribution is -0.120. The van der Waals surface area contributed by atoms with E-state index in [9.17, 15) is 0 Å². The van der Waals surface area contributed by atoms with Crippen LogP contribution in [-0.2, 0) is 21.7 Å². The number of hydrogen-bond donors (Lipinski definition) is 0. The van der Waals surface area contributed by atoms with E-state index in [2.05, 4.69) is 31.9 Å². The summed E-state index contributed by atoms with van der Waals surface area (Å²) in [6.45, 7) is 4.67. The van der Waals surface area contributed by atoms with Crippen molar-refractivity contribution < 1.29 is 9.47 Å². The molecule has 0 N–H and O–H groups in total. The smallest absolute Gasteiger partial charge is 0.113 e. The third kappa shape index (κ3) is 1.95. The van der Waals surface area contributed by atoms with E-state index in [-0.39, 0.29) is 5.60 Å². The maximum Gasteiger partial charge on any atom is 0.113 e. The van der Waals surface area contributed by atoms with Crippen LogP contribution in [0.2, 0.25) is 0 Å². The molecule has 0 saturated carbocycles. The highest BCUT2D eigenvalue weighted by Crippen LogP contribution is 2.43. The number of nitrogens with zero attached hydrogens (tertiary/aromatic N) is 2. The van der Waals surface area contributed by atoms with E-state index < -0.39 is 0 Å².